The van der Waals surface area contributed by atoms with Crippen LogP contribution >= 0.6 is 0 Å². The summed E-state index contributed by atoms with van der Waals surface area (Å²) in [6, 6.07) is 7.69. The fourth-order valence-electron chi connectivity index (χ4n) is 3.20. The van der Waals surface area contributed by atoms with Crippen molar-refractivity contribution in [3.8, 4) is 0 Å². The van der Waals surface area contributed by atoms with Crippen LogP contribution in [0.3, 0.4) is 0 Å². The number of hydrogen-bond donors (Lipinski definition) is 1. The molecule has 26 heavy (non-hydrogen) atoms. The van der Waals surface area contributed by atoms with Gasteiger partial charge in [-0.05, 0) is 26.0 Å². The van der Waals surface area contributed by atoms with E-state index in [1.165, 1.54) is 0 Å². The molecular weight excluding hydrogens is 334 g/mol. The Morgan fingerprint density at radius 2 is 1.54 bits per heavy atom. The van der Waals surface area contributed by atoms with Crippen LogP contribution in [0.2, 0.25) is 0 Å². The maximum atomic E-state index is 12.9. The molecular formula is C19H27N3O4. The van der Waals surface area contributed by atoms with E-state index >= 15 is 0 Å². The van der Waals surface area contributed by atoms with E-state index in [1.807, 2.05) is 24.3 Å². The maximum Gasteiger partial charge on any atom is 0.239 e. The lowest BCUT2D eigenvalue weighted by atomic mass is 9.90. The van der Waals surface area contributed by atoms with Gasteiger partial charge in [-0.25, -0.2) is 0 Å². The Morgan fingerprint density at radius 1 is 0.962 bits per heavy atom. The molecule has 3 rings (SSSR count). The Kier molecular flexibility index (Phi) is 5.78. The number of carbonyl (C=O) groups is 2. The molecule has 2 fully saturated rings. The van der Waals surface area contributed by atoms with Crippen molar-refractivity contribution in [1.29, 1.82) is 0 Å². The number of amides is 2. The van der Waals surface area contributed by atoms with Gasteiger partial charge in [0.05, 0.1) is 37.8 Å². The molecule has 7 heteroatoms. The highest BCUT2D eigenvalue weighted by Crippen LogP contribution is 2.29. The normalized spacial score (nSPS) is 18.5. The minimum Gasteiger partial charge on any atom is -0.378 e. The highest BCUT2D eigenvalue weighted by atomic mass is 16.5. The number of benzene rings is 1. The van der Waals surface area contributed by atoms with E-state index in [0.717, 1.165) is 24.5 Å². The van der Waals surface area contributed by atoms with E-state index in [2.05, 4.69) is 10.2 Å². The van der Waals surface area contributed by atoms with Gasteiger partial charge in [0.2, 0.25) is 11.8 Å². The zero-order chi connectivity index (χ0) is 18.6. The van der Waals surface area contributed by atoms with Crippen molar-refractivity contribution in [3.05, 3.63) is 24.3 Å². The quantitative estimate of drug-likeness (QED) is 0.820. The number of para-hydroxylation sites is 2. The van der Waals surface area contributed by atoms with Crippen LogP contribution in [-0.2, 0) is 19.1 Å². The highest BCUT2D eigenvalue weighted by molar-refractivity contribution is 6.10. The van der Waals surface area contributed by atoms with E-state index in [0.29, 0.717) is 39.5 Å². The largest absolute Gasteiger partial charge is 0.378 e. The maximum absolute atomic E-state index is 12.9. The standard InChI is InChI=1S/C19H27N3O4/c1-19(2,18(24)22-9-13-26-14-10-22)17(23)20-15-5-3-4-6-16(15)21-7-11-25-12-8-21/h3-6H,7-14H2,1-2H3,(H,20,23). The van der Waals surface area contributed by atoms with Crippen molar-refractivity contribution >= 4 is 23.2 Å². The third-order valence-corrected chi connectivity index (χ3v) is 4.90. The molecule has 0 unspecified atom stereocenters. The molecule has 7 nitrogen and oxygen atoms in total. The minimum absolute atomic E-state index is 0.165. The number of morpholine rings is 2. The lowest BCUT2D eigenvalue weighted by molar-refractivity contribution is -0.149. The first-order chi connectivity index (χ1) is 12.5. The summed E-state index contributed by atoms with van der Waals surface area (Å²) in [5.41, 5.74) is 0.538. The van der Waals surface area contributed by atoms with Gasteiger partial charge in [0.1, 0.15) is 5.41 Å². The van der Waals surface area contributed by atoms with Gasteiger partial charge in [-0.2, -0.15) is 0 Å². The third kappa shape index (κ3) is 3.99. The molecule has 1 aromatic rings. The van der Waals surface area contributed by atoms with Gasteiger partial charge in [-0.15, -0.1) is 0 Å². The lowest BCUT2D eigenvalue weighted by Crippen LogP contribution is -2.51. The average molecular weight is 361 g/mol. The van der Waals surface area contributed by atoms with Crippen molar-refractivity contribution in [1.82, 2.24) is 4.90 Å². The first-order valence-corrected chi connectivity index (χ1v) is 9.10. The summed E-state index contributed by atoms with van der Waals surface area (Å²) in [5.74, 6) is -0.461. The highest BCUT2D eigenvalue weighted by Gasteiger charge is 2.40. The molecule has 2 saturated heterocycles. The van der Waals surface area contributed by atoms with Crippen LogP contribution in [0.15, 0.2) is 24.3 Å². The summed E-state index contributed by atoms with van der Waals surface area (Å²) < 4.78 is 10.7. The molecule has 0 aromatic heterocycles. The smallest absolute Gasteiger partial charge is 0.239 e. The predicted octanol–water partition coefficient (Wildman–Crippen LogP) is 1.35. The molecule has 142 valence electrons. The summed E-state index contributed by atoms with van der Waals surface area (Å²) in [5, 5.41) is 2.97. The molecule has 2 heterocycles. The van der Waals surface area contributed by atoms with Crippen LogP contribution in [0.1, 0.15) is 13.8 Å². The average Bonchev–Trinajstić information content (AvgIpc) is 2.69. The van der Waals surface area contributed by atoms with Gasteiger partial charge in [0, 0.05) is 26.2 Å². The molecule has 1 N–H and O–H groups in total. The van der Waals surface area contributed by atoms with Crippen molar-refractivity contribution < 1.29 is 19.1 Å². The second-order valence-corrected chi connectivity index (χ2v) is 7.10. The molecule has 2 aliphatic heterocycles. The van der Waals surface area contributed by atoms with E-state index in [1.54, 1.807) is 18.7 Å². The Bertz CT molecular complexity index is 650. The first-order valence-electron chi connectivity index (χ1n) is 9.10. The zero-order valence-corrected chi connectivity index (χ0v) is 15.5. The van der Waals surface area contributed by atoms with Gasteiger partial charge >= 0.3 is 0 Å². The third-order valence-electron chi connectivity index (χ3n) is 4.90. The first kappa shape index (κ1) is 18.7. The molecule has 2 amide bonds. The second kappa shape index (κ2) is 8.05. The van der Waals surface area contributed by atoms with Crippen LogP contribution in [0.25, 0.3) is 0 Å². The summed E-state index contributed by atoms with van der Waals surface area (Å²) in [7, 11) is 0. The molecule has 0 spiro atoms. The molecule has 0 atom stereocenters. The number of nitrogens with one attached hydrogen (secondary N) is 1. The van der Waals surface area contributed by atoms with Crippen LogP contribution in [-0.4, -0.2) is 69.3 Å². The minimum atomic E-state index is -1.14. The van der Waals surface area contributed by atoms with E-state index in [9.17, 15) is 9.59 Å². The molecule has 0 bridgehead atoms. The predicted molar refractivity (Wildman–Crippen MR) is 99.3 cm³/mol. The number of rotatable bonds is 4. The van der Waals surface area contributed by atoms with Gasteiger partial charge in [-0.1, -0.05) is 12.1 Å². The Balaban J connectivity index is 1.73. The second-order valence-electron chi connectivity index (χ2n) is 7.10. The lowest BCUT2D eigenvalue weighted by Gasteiger charge is -2.34. The Morgan fingerprint density at radius 3 is 2.19 bits per heavy atom. The van der Waals surface area contributed by atoms with Gasteiger partial charge in [-0.3, -0.25) is 9.59 Å². The number of ether oxygens (including phenoxy) is 2. The van der Waals surface area contributed by atoms with E-state index < -0.39 is 5.41 Å². The zero-order valence-electron chi connectivity index (χ0n) is 15.5. The number of nitrogens with zero attached hydrogens (tertiary/aromatic N) is 2. The van der Waals surface area contributed by atoms with Gasteiger partial charge in [0.15, 0.2) is 0 Å². The van der Waals surface area contributed by atoms with Crippen molar-refractivity contribution in [3.63, 3.8) is 0 Å². The van der Waals surface area contributed by atoms with Crippen molar-refractivity contribution in [2.24, 2.45) is 5.41 Å². The number of hydrogen-bond acceptors (Lipinski definition) is 5. The van der Waals surface area contributed by atoms with Crippen LogP contribution < -0.4 is 10.2 Å². The topological polar surface area (TPSA) is 71.1 Å². The summed E-state index contributed by atoms with van der Waals surface area (Å²) in [6.45, 7) is 8.35. The molecule has 0 saturated carbocycles. The summed E-state index contributed by atoms with van der Waals surface area (Å²) in [6.07, 6.45) is 0. The molecule has 0 aliphatic carbocycles. The van der Waals surface area contributed by atoms with E-state index in [-0.39, 0.29) is 11.8 Å². The fraction of sp³-hybridized carbons (Fsp3) is 0.579. The molecule has 1 aromatic carbocycles. The van der Waals surface area contributed by atoms with E-state index in [4.69, 9.17) is 9.47 Å². The Labute approximate surface area is 154 Å². The van der Waals surface area contributed by atoms with Crippen molar-refractivity contribution in [2.75, 3.05) is 62.8 Å². The Hall–Kier alpha value is -2.12. The SMILES string of the molecule is CC(C)(C(=O)Nc1ccccc1N1CCOCC1)C(=O)N1CCOCC1. The summed E-state index contributed by atoms with van der Waals surface area (Å²) in [4.78, 5) is 29.6. The van der Waals surface area contributed by atoms with Crippen LogP contribution in [0.5, 0.6) is 0 Å². The molecule has 2 aliphatic rings. The number of anilines is 2. The monoisotopic (exact) mass is 361 g/mol. The van der Waals surface area contributed by atoms with Crippen LogP contribution in [0, 0.1) is 5.41 Å². The molecule has 0 radical (unpaired) electrons. The number of carbonyl (C=O) groups excluding carboxylic acids is 2. The fourth-order valence-corrected chi connectivity index (χ4v) is 3.20. The van der Waals surface area contributed by atoms with Gasteiger partial charge < -0.3 is 24.6 Å². The van der Waals surface area contributed by atoms with Crippen LogP contribution in [0.4, 0.5) is 11.4 Å². The summed E-state index contributed by atoms with van der Waals surface area (Å²) >= 11 is 0. The van der Waals surface area contributed by atoms with Crippen molar-refractivity contribution in [2.45, 2.75) is 13.8 Å². The van der Waals surface area contributed by atoms with Gasteiger partial charge in [0.25, 0.3) is 0 Å².